The van der Waals surface area contributed by atoms with Gasteiger partial charge in [-0.2, -0.15) is 5.10 Å². The number of rotatable bonds is 5. The molecule has 0 saturated carbocycles. The number of aliphatic hydroxyl groups excluding tert-OH is 1. The topological polar surface area (TPSA) is 41.3 Å². The predicted octanol–water partition coefficient (Wildman–Crippen LogP) is 2.53. The highest BCUT2D eigenvalue weighted by Gasteiger charge is 2.32. The molecule has 124 valence electrons. The highest BCUT2D eigenvalue weighted by atomic mass is 19.2. The van der Waals surface area contributed by atoms with Gasteiger partial charge in [0.15, 0.2) is 11.6 Å². The molecule has 2 aromatic rings. The third-order valence-corrected chi connectivity index (χ3v) is 4.47. The van der Waals surface area contributed by atoms with Crippen LogP contribution in [0.4, 0.5) is 8.78 Å². The third kappa shape index (κ3) is 3.43. The molecular weight excluding hydrogens is 300 g/mol. The van der Waals surface area contributed by atoms with E-state index in [0.717, 1.165) is 31.3 Å². The van der Waals surface area contributed by atoms with Crippen molar-refractivity contribution in [2.75, 3.05) is 13.1 Å². The van der Waals surface area contributed by atoms with Gasteiger partial charge >= 0.3 is 0 Å². The molecule has 0 unspecified atom stereocenters. The van der Waals surface area contributed by atoms with Crippen LogP contribution in [0.2, 0.25) is 0 Å². The van der Waals surface area contributed by atoms with Crippen molar-refractivity contribution in [1.82, 2.24) is 14.7 Å². The first kappa shape index (κ1) is 16.1. The lowest BCUT2D eigenvalue weighted by Crippen LogP contribution is -2.27. The van der Waals surface area contributed by atoms with Crippen molar-refractivity contribution in [2.24, 2.45) is 0 Å². The Morgan fingerprint density at radius 3 is 2.83 bits per heavy atom. The average Bonchev–Trinajstić information content (AvgIpc) is 3.13. The van der Waals surface area contributed by atoms with Crippen LogP contribution in [0.5, 0.6) is 0 Å². The van der Waals surface area contributed by atoms with Crippen LogP contribution < -0.4 is 0 Å². The molecule has 1 aromatic heterocycles. The van der Waals surface area contributed by atoms with Crippen molar-refractivity contribution in [3.8, 4) is 0 Å². The Kier molecular flexibility index (Phi) is 4.73. The maximum Gasteiger partial charge on any atom is 0.159 e. The number of aromatic nitrogens is 2. The molecule has 23 heavy (non-hydrogen) atoms. The zero-order valence-corrected chi connectivity index (χ0v) is 13.1. The van der Waals surface area contributed by atoms with E-state index in [2.05, 4.69) is 10.00 Å². The first-order valence-corrected chi connectivity index (χ1v) is 7.96. The average molecular weight is 321 g/mol. The largest absolute Gasteiger partial charge is 0.392 e. The lowest BCUT2D eigenvalue weighted by molar-refractivity contribution is 0.175. The van der Waals surface area contributed by atoms with E-state index in [9.17, 15) is 13.9 Å². The van der Waals surface area contributed by atoms with E-state index < -0.39 is 17.7 Å². The molecule has 0 bridgehead atoms. The van der Waals surface area contributed by atoms with E-state index >= 15 is 0 Å². The molecule has 3 rings (SSSR count). The fraction of sp³-hybridized carbons (Fsp3) is 0.471. The summed E-state index contributed by atoms with van der Waals surface area (Å²) in [5.74, 6) is -1.68. The zero-order chi connectivity index (χ0) is 16.4. The zero-order valence-electron chi connectivity index (χ0n) is 13.1. The molecule has 0 radical (unpaired) electrons. The molecule has 2 atom stereocenters. The molecule has 6 heteroatoms. The standard InChI is InChI=1S/C17H21F2N3O/c1-2-22-13(5-7-20-22)6-8-21-11-14(23)10-17(21)12-3-4-15(18)16(19)9-12/h3-5,7,9,14,17,23H,2,6,8,10-11H2,1H3/t14-,17-/m0/s1. The van der Waals surface area contributed by atoms with Crippen LogP contribution in [-0.2, 0) is 13.0 Å². The summed E-state index contributed by atoms with van der Waals surface area (Å²) in [5, 5.41) is 14.2. The SMILES string of the molecule is CCn1nccc1CCN1C[C@@H](O)C[C@H]1c1ccc(F)c(F)c1. The maximum atomic E-state index is 13.5. The van der Waals surface area contributed by atoms with Gasteiger partial charge in [-0.3, -0.25) is 9.58 Å². The molecule has 1 aliphatic heterocycles. The lowest BCUT2D eigenvalue weighted by atomic mass is 10.0. The van der Waals surface area contributed by atoms with E-state index in [-0.39, 0.29) is 6.04 Å². The molecule has 0 amide bonds. The van der Waals surface area contributed by atoms with E-state index in [0.29, 0.717) is 18.5 Å². The second kappa shape index (κ2) is 6.76. The summed E-state index contributed by atoms with van der Waals surface area (Å²) in [6.45, 7) is 4.15. The van der Waals surface area contributed by atoms with Gasteiger partial charge in [-0.05, 0) is 37.1 Å². The second-order valence-corrected chi connectivity index (χ2v) is 5.96. The first-order valence-electron chi connectivity index (χ1n) is 7.96. The van der Waals surface area contributed by atoms with Gasteiger partial charge < -0.3 is 5.11 Å². The summed E-state index contributed by atoms with van der Waals surface area (Å²) in [5.41, 5.74) is 1.85. The van der Waals surface area contributed by atoms with E-state index in [1.54, 1.807) is 12.3 Å². The smallest absolute Gasteiger partial charge is 0.159 e. The summed E-state index contributed by atoms with van der Waals surface area (Å²) in [7, 11) is 0. The van der Waals surface area contributed by atoms with Crippen LogP contribution in [0.25, 0.3) is 0 Å². The summed E-state index contributed by atoms with van der Waals surface area (Å²) in [6.07, 6.45) is 2.69. The Morgan fingerprint density at radius 2 is 2.09 bits per heavy atom. The van der Waals surface area contributed by atoms with E-state index in [4.69, 9.17) is 0 Å². The minimum Gasteiger partial charge on any atom is -0.392 e. The number of benzene rings is 1. The second-order valence-electron chi connectivity index (χ2n) is 5.96. The van der Waals surface area contributed by atoms with Crippen LogP contribution >= 0.6 is 0 Å². The molecule has 1 saturated heterocycles. The Hall–Kier alpha value is -1.79. The van der Waals surface area contributed by atoms with Crippen LogP contribution in [-0.4, -0.2) is 39.0 Å². The fourth-order valence-electron chi connectivity index (χ4n) is 3.31. The summed E-state index contributed by atoms with van der Waals surface area (Å²) >= 11 is 0. The molecule has 1 aliphatic rings. The van der Waals surface area contributed by atoms with Crippen molar-refractivity contribution in [2.45, 2.75) is 38.5 Å². The third-order valence-electron chi connectivity index (χ3n) is 4.47. The summed E-state index contributed by atoms with van der Waals surface area (Å²) in [6, 6.07) is 5.90. The van der Waals surface area contributed by atoms with Crippen molar-refractivity contribution in [3.63, 3.8) is 0 Å². The minimum absolute atomic E-state index is 0.0851. The van der Waals surface area contributed by atoms with Crippen molar-refractivity contribution in [1.29, 1.82) is 0 Å². The van der Waals surface area contributed by atoms with E-state index in [1.807, 2.05) is 17.7 Å². The number of aryl methyl sites for hydroxylation is 1. The van der Waals surface area contributed by atoms with Crippen molar-refractivity contribution >= 4 is 0 Å². The van der Waals surface area contributed by atoms with Crippen molar-refractivity contribution < 1.29 is 13.9 Å². The Balaban J connectivity index is 1.73. The predicted molar refractivity (Wildman–Crippen MR) is 82.9 cm³/mol. The lowest BCUT2D eigenvalue weighted by Gasteiger charge is -2.24. The van der Waals surface area contributed by atoms with Gasteiger partial charge in [0.1, 0.15) is 0 Å². The summed E-state index contributed by atoms with van der Waals surface area (Å²) < 4.78 is 28.6. The quantitative estimate of drug-likeness (QED) is 0.920. The fourth-order valence-corrected chi connectivity index (χ4v) is 3.31. The number of likely N-dealkylation sites (tertiary alicyclic amines) is 1. The summed E-state index contributed by atoms with van der Waals surface area (Å²) in [4.78, 5) is 2.13. The monoisotopic (exact) mass is 321 g/mol. The van der Waals surface area contributed by atoms with Gasteiger partial charge in [0.05, 0.1) is 6.10 Å². The number of halogens is 2. The maximum absolute atomic E-state index is 13.5. The molecule has 0 aliphatic carbocycles. The highest BCUT2D eigenvalue weighted by molar-refractivity contribution is 5.23. The van der Waals surface area contributed by atoms with E-state index in [1.165, 1.54) is 6.07 Å². The van der Waals surface area contributed by atoms with Gasteiger partial charge in [-0.1, -0.05) is 6.07 Å². The molecule has 1 fully saturated rings. The number of hydrogen-bond donors (Lipinski definition) is 1. The molecular formula is C17H21F2N3O. The van der Waals surface area contributed by atoms with Crippen molar-refractivity contribution in [3.05, 3.63) is 53.4 Å². The Labute approximate surface area is 134 Å². The van der Waals surface area contributed by atoms with Crippen LogP contribution in [0, 0.1) is 11.6 Å². The Morgan fingerprint density at radius 1 is 1.26 bits per heavy atom. The van der Waals surface area contributed by atoms with Gasteiger partial charge in [0.2, 0.25) is 0 Å². The van der Waals surface area contributed by atoms with Crippen LogP contribution in [0.15, 0.2) is 30.5 Å². The number of aliphatic hydroxyl groups is 1. The van der Waals surface area contributed by atoms with Gasteiger partial charge in [0, 0.05) is 44.0 Å². The normalized spacial score (nSPS) is 21.9. The van der Waals surface area contributed by atoms with Gasteiger partial charge in [-0.25, -0.2) is 8.78 Å². The van der Waals surface area contributed by atoms with Gasteiger partial charge in [0.25, 0.3) is 0 Å². The van der Waals surface area contributed by atoms with Crippen LogP contribution in [0.3, 0.4) is 0 Å². The number of hydrogen-bond acceptors (Lipinski definition) is 3. The Bertz CT molecular complexity index is 674. The van der Waals surface area contributed by atoms with Gasteiger partial charge in [-0.15, -0.1) is 0 Å². The van der Waals surface area contributed by atoms with Crippen LogP contribution in [0.1, 0.15) is 30.6 Å². The molecule has 1 N–H and O–H groups in total. The molecule has 2 heterocycles. The number of nitrogens with zero attached hydrogens (tertiary/aromatic N) is 3. The molecule has 0 spiro atoms. The highest BCUT2D eigenvalue weighted by Crippen LogP contribution is 2.32. The number of β-amino-alcohol motifs (C(OH)–C–C–N with tert-alkyl or cyclic N) is 1. The first-order chi connectivity index (χ1) is 11.1. The molecule has 1 aromatic carbocycles. The molecule has 4 nitrogen and oxygen atoms in total. The minimum atomic E-state index is -0.842.